The molecule has 2 heterocycles. The third-order valence-electron chi connectivity index (χ3n) is 5.78. The van der Waals surface area contributed by atoms with Crippen LogP contribution >= 0.6 is 0 Å². The lowest BCUT2D eigenvalue weighted by Crippen LogP contribution is -2.44. The highest BCUT2D eigenvalue weighted by molar-refractivity contribution is 5.79. The molecule has 1 aromatic heterocycles. The van der Waals surface area contributed by atoms with Crippen molar-refractivity contribution < 1.29 is 9.47 Å². The Labute approximate surface area is 172 Å². The molecule has 0 unspecified atom stereocenters. The molecule has 2 N–H and O–H groups in total. The quantitative estimate of drug-likeness (QED) is 0.580. The van der Waals surface area contributed by atoms with Crippen molar-refractivity contribution in [1.82, 2.24) is 15.6 Å². The summed E-state index contributed by atoms with van der Waals surface area (Å²) in [5, 5.41) is 6.95. The van der Waals surface area contributed by atoms with Crippen LogP contribution in [0.1, 0.15) is 43.9 Å². The van der Waals surface area contributed by atoms with Gasteiger partial charge < -0.3 is 20.1 Å². The number of pyridine rings is 1. The first kappa shape index (κ1) is 19.6. The summed E-state index contributed by atoms with van der Waals surface area (Å²) in [6, 6.07) is 12.4. The molecule has 1 aliphatic carbocycles. The molecule has 6 heteroatoms. The maximum absolute atomic E-state index is 5.83. The summed E-state index contributed by atoms with van der Waals surface area (Å²) in [6.07, 6.45) is 6.63. The standard InChI is InChI=1S/C23H30N4O2/c1-2-24-22(26-16-19-7-3-6-12-25-19)27-17-23(10-4-5-11-23)18-8-9-20-21(15-18)29-14-13-28-20/h3,6-9,12,15H,2,4-5,10-11,13-14,16-17H2,1H3,(H2,24,26,27). The van der Waals surface area contributed by atoms with Crippen molar-refractivity contribution in [2.45, 2.75) is 44.6 Å². The van der Waals surface area contributed by atoms with E-state index in [1.165, 1.54) is 31.2 Å². The minimum absolute atomic E-state index is 0.0943. The molecule has 6 nitrogen and oxygen atoms in total. The third kappa shape index (κ3) is 4.63. The minimum atomic E-state index is 0.0943. The second-order valence-electron chi connectivity index (χ2n) is 7.72. The number of benzene rings is 1. The first-order valence-electron chi connectivity index (χ1n) is 10.6. The maximum atomic E-state index is 5.83. The minimum Gasteiger partial charge on any atom is -0.486 e. The number of rotatable bonds is 6. The van der Waals surface area contributed by atoms with Gasteiger partial charge in [-0.15, -0.1) is 0 Å². The molecule has 2 aliphatic rings. The van der Waals surface area contributed by atoms with Gasteiger partial charge >= 0.3 is 0 Å². The Morgan fingerprint density at radius 1 is 1.07 bits per heavy atom. The summed E-state index contributed by atoms with van der Waals surface area (Å²) < 4.78 is 11.5. The van der Waals surface area contributed by atoms with Gasteiger partial charge in [-0.3, -0.25) is 4.98 Å². The molecule has 29 heavy (non-hydrogen) atoms. The number of nitrogens with one attached hydrogen (secondary N) is 2. The summed E-state index contributed by atoms with van der Waals surface area (Å²) in [7, 11) is 0. The van der Waals surface area contributed by atoms with Gasteiger partial charge in [-0.25, -0.2) is 4.99 Å². The van der Waals surface area contributed by atoms with Crippen LogP contribution in [-0.4, -0.2) is 37.2 Å². The highest BCUT2D eigenvalue weighted by atomic mass is 16.6. The molecule has 0 bridgehead atoms. The molecule has 4 rings (SSSR count). The lowest BCUT2D eigenvalue weighted by atomic mass is 9.78. The van der Waals surface area contributed by atoms with Crippen LogP contribution in [0.4, 0.5) is 0 Å². The van der Waals surface area contributed by atoms with E-state index in [1.54, 1.807) is 6.20 Å². The molecular formula is C23H30N4O2. The first-order valence-corrected chi connectivity index (χ1v) is 10.6. The Balaban J connectivity index is 1.49. The van der Waals surface area contributed by atoms with E-state index < -0.39 is 0 Å². The van der Waals surface area contributed by atoms with Gasteiger partial charge in [0.05, 0.1) is 12.2 Å². The van der Waals surface area contributed by atoms with Gasteiger partial charge in [0.1, 0.15) is 13.2 Å². The van der Waals surface area contributed by atoms with Crippen molar-refractivity contribution in [3.8, 4) is 11.5 Å². The number of ether oxygens (including phenoxy) is 2. The molecule has 1 fully saturated rings. The van der Waals surface area contributed by atoms with Gasteiger partial charge in [0, 0.05) is 24.7 Å². The van der Waals surface area contributed by atoms with Crippen molar-refractivity contribution in [2.75, 3.05) is 26.3 Å². The molecule has 1 saturated carbocycles. The fourth-order valence-corrected chi connectivity index (χ4v) is 4.24. The van der Waals surface area contributed by atoms with E-state index in [1.807, 2.05) is 18.2 Å². The van der Waals surface area contributed by atoms with E-state index in [2.05, 4.69) is 40.7 Å². The average Bonchev–Trinajstić information content (AvgIpc) is 3.26. The summed E-state index contributed by atoms with van der Waals surface area (Å²) >= 11 is 0. The second kappa shape index (κ2) is 9.16. The van der Waals surface area contributed by atoms with Crippen molar-refractivity contribution in [3.05, 3.63) is 53.9 Å². The van der Waals surface area contributed by atoms with Crippen LogP contribution in [0.5, 0.6) is 11.5 Å². The van der Waals surface area contributed by atoms with Gasteiger partial charge in [0.2, 0.25) is 0 Å². The van der Waals surface area contributed by atoms with Gasteiger partial charge in [-0.05, 0) is 49.6 Å². The van der Waals surface area contributed by atoms with E-state index >= 15 is 0 Å². The molecule has 2 aromatic rings. The Morgan fingerprint density at radius 2 is 1.90 bits per heavy atom. The van der Waals surface area contributed by atoms with Gasteiger partial charge in [-0.2, -0.15) is 0 Å². The average molecular weight is 395 g/mol. The Hall–Kier alpha value is -2.76. The maximum Gasteiger partial charge on any atom is 0.191 e. The molecule has 154 valence electrons. The monoisotopic (exact) mass is 394 g/mol. The highest BCUT2D eigenvalue weighted by Crippen LogP contribution is 2.43. The normalized spacial score (nSPS) is 17.8. The van der Waals surface area contributed by atoms with Crippen LogP contribution in [0.2, 0.25) is 0 Å². The predicted octanol–water partition coefficient (Wildman–Crippen LogP) is 3.42. The third-order valence-corrected chi connectivity index (χ3v) is 5.78. The van der Waals surface area contributed by atoms with Crippen LogP contribution < -0.4 is 20.1 Å². The molecule has 1 aromatic carbocycles. The van der Waals surface area contributed by atoms with Gasteiger partial charge in [0.15, 0.2) is 17.5 Å². The zero-order valence-corrected chi connectivity index (χ0v) is 17.1. The fourth-order valence-electron chi connectivity index (χ4n) is 4.24. The lowest BCUT2D eigenvalue weighted by molar-refractivity contribution is 0.171. The number of guanidine groups is 1. The van der Waals surface area contributed by atoms with Crippen molar-refractivity contribution in [3.63, 3.8) is 0 Å². The van der Waals surface area contributed by atoms with E-state index in [0.29, 0.717) is 19.8 Å². The Bertz CT molecular complexity index is 832. The highest BCUT2D eigenvalue weighted by Gasteiger charge is 2.36. The molecule has 0 saturated heterocycles. The predicted molar refractivity (Wildman–Crippen MR) is 115 cm³/mol. The molecule has 0 atom stereocenters. The zero-order valence-electron chi connectivity index (χ0n) is 17.1. The smallest absolute Gasteiger partial charge is 0.191 e. The summed E-state index contributed by atoms with van der Waals surface area (Å²) in [6.45, 7) is 5.56. The van der Waals surface area contributed by atoms with Gasteiger partial charge in [0.25, 0.3) is 0 Å². The number of nitrogens with zero attached hydrogens (tertiary/aromatic N) is 2. The van der Waals surface area contributed by atoms with Crippen molar-refractivity contribution in [1.29, 1.82) is 0 Å². The number of fused-ring (bicyclic) bond motifs is 1. The lowest BCUT2D eigenvalue weighted by Gasteiger charge is -2.32. The van der Waals surface area contributed by atoms with Crippen LogP contribution in [0, 0.1) is 0 Å². The van der Waals surface area contributed by atoms with Crippen LogP contribution in [0.3, 0.4) is 0 Å². The fraction of sp³-hybridized carbons (Fsp3) is 0.478. The molecule has 0 radical (unpaired) electrons. The summed E-state index contributed by atoms with van der Waals surface area (Å²) in [4.78, 5) is 9.09. The largest absolute Gasteiger partial charge is 0.486 e. The molecule has 0 amide bonds. The Kier molecular flexibility index (Phi) is 6.17. The molecular weight excluding hydrogens is 364 g/mol. The van der Waals surface area contributed by atoms with Crippen molar-refractivity contribution >= 4 is 5.96 Å². The Morgan fingerprint density at radius 3 is 2.66 bits per heavy atom. The van der Waals surface area contributed by atoms with E-state index in [-0.39, 0.29) is 5.41 Å². The first-order chi connectivity index (χ1) is 14.3. The SMILES string of the molecule is CCNC(=NCc1ccccn1)NCC1(c2ccc3c(c2)OCCO3)CCCC1. The molecule has 0 spiro atoms. The molecule has 1 aliphatic heterocycles. The van der Waals surface area contributed by atoms with Crippen LogP contribution in [0.15, 0.2) is 47.6 Å². The van der Waals surface area contributed by atoms with E-state index in [0.717, 1.165) is 36.2 Å². The van der Waals surface area contributed by atoms with E-state index in [9.17, 15) is 0 Å². The van der Waals surface area contributed by atoms with Crippen LogP contribution in [0.25, 0.3) is 0 Å². The number of aliphatic imine (C=N–C) groups is 1. The summed E-state index contributed by atoms with van der Waals surface area (Å²) in [5.74, 6) is 2.56. The topological polar surface area (TPSA) is 67.8 Å². The number of hydrogen-bond acceptors (Lipinski definition) is 4. The van der Waals surface area contributed by atoms with Gasteiger partial charge in [-0.1, -0.05) is 25.0 Å². The zero-order chi connectivity index (χ0) is 19.9. The summed E-state index contributed by atoms with van der Waals surface area (Å²) in [5.41, 5.74) is 2.39. The number of hydrogen-bond donors (Lipinski definition) is 2. The van der Waals surface area contributed by atoms with Crippen LogP contribution in [-0.2, 0) is 12.0 Å². The number of aromatic nitrogens is 1. The van der Waals surface area contributed by atoms with Crippen molar-refractivity contribution in [2.24, 2.45) is 4.99 Å². The second-order valence-corrected chi connectivity index (χ2v) is 7.72. The van der Waals surface area contributed by atoms with E-state index in [4.69, 9.17) is 14.5 Å².